The van der Waals surface area contributed by atoms with Crippen molar-refractivity contribution >= 4 is 46.7 Å². The molecule has 2 amide bonds. The third kappa shape index (κ3) is 6.87. The average molecular weight is 423 g/mol. The molecule has 2 unspecified atom stereocenters. The Morgan fingerprint density at radius 1 is 0.964 bits per heavy atom. The molecule has 0 saturated heterocycles. The number of hydrogen-bond acceptors (Lipinski definition) is 4. The Morgan fingerprint density at radius 2 is 1.50 bits per heavy atom. The van der Waals surface area contributed by atoms with Crippen LogP contribution >= 0.6 is 23.2 Å². The molecule has 2 aromatic rings. The van der Waals surface area contributed by atoms with Crippen molar-refractivity contribution < 1.29 is 19.1 Å². The van der Waals surface area contributed by atoms with E-state index >= 15 is 0 Å². The van der Waals surface area contributed by atoms with Crippen molar-refractivity contribution in [1.29, 1.82) is 0 Å². The molecular weight excluding hydrogens is 403 g/mol. The van der Waals surface area contributed by atoms with E-state index in [4.69, 9.17) is 27.9 Å². The van der Waals surface area contributed by atoms with Gasteiger partial charge in [-0.2, -0.15) is 0 Å². The fourth-order valence-corrected chi connectivity index (χ4v) is 2.69. The normalized spacial score (nSPS) is 12.6. The van der Waals surface area contributed by atoms with Gasteiger partial charge in [0.15, 0.2) is 6.10 Å². The summed E-state index contributed by atoms with van der Waals surface area (Å²) in [6.07, 6.45) is -1.13. The van der Waals surface area contributed by atoms with Crippen LogP contribution in [-0.2, 0) is 19.1 Å². The first-order chi connectivity index (χ1) is 13.2. The van der Waals surface area contributed by atoms with Crippen molar-refractivity contribution in [2.24, 2.45) is 0 Å². The molecule has 0 heterocycles. The molecule has 0 aliphatic carbocycles. The van der Waals surface area contributed by atoms with Crippen LogP contribution in [-0.4, -0.2) is 23.9 Å². The summed E-state index contributed by atoms with van der Waals surface area (Å²) in [5.41, 5.74) is 1.24. The molecule has 6 nitrogen and oxygen atoms in total. The van der Waals surface area contributed by atoms with Crippen LogP contribution in [0.1, 0.15) is 31.9 Å². The van der Waals surface area contributed by atoms with E-state index in [9.17, 15) is 14.4 Å². The molecule has 0 bridgehead atoms. The maximum Gasteiger partial charge on any atom is 0.309 e. The highest BCUT2D eigenvalue weighted by Crippen LogP contribution is 2.20. The predicted octanol–water partition coefficient (Wildman–Crippen LogP) is 4.13. The number of carbonyl (C=O) groups is 3. The molecule has 148 valence electrons. The van der Waals surface area contributed by atoms with E-state index in [1.54, 1.807) is 48.5 Å². The van der Waals surface area contributed by atoms with Crippen molar-refractivity contribution in [1.82, 2.24) is 5.32 Å². The smallest absolute Gasteiger partial charge is 0.309 e. The Morgan fingerprint density at radius 3 is 2.04 bits per heavy atom. The third-order valence-corrected chi connectivity index (χ3v) is 4.31. The molecule has 2 atom stereocenters. The van der Waals surface area contributed by atoms with Crippen LogP contribution in [0, 0.1) is 0 Å². The molecule has 0 spiro atoms. The quantitative estimate of drug-likeness (QED) is 0.656. The molecule has 2 rings (SSSR count). The number of nitrogens with one attached hydrogen (secondary N) is 2. The number of amides is 2. The van der Waals surface area contributed by atoms with Gasteiger partial charge in [-0.3, -0.25) is 14.4 Å². The summed E-state index contributed by atoms with van der Waals surface area (Å²) in [7, 11) is 0. The number of ether oxygens (including phenoxy) is 1. The molecule has 0 fully saturated rings. The van der Waals surface area contributed by atoms with E-state index < -0.39 is 24.0 Å². The van der Waals surface area contributed by atoms with Gasteiger partial charge >= 0.3 is 5.97 Å². The van der Waals surface area contributed by atoms with Gasteiger partial charge in [0.2, 0.25) is 5.91 Å². The SMILES string of the molecule is CC(=O)NC(CC(=O)OC(C)C(=O)Nc1ccc(Cl)cc1)c1ccc(Cl)cc1. The number of rotatable bonds is 7. The first kappa shape index (κ1) is 21.7. The van der Waals surface area contributed by atoms with Crippen LogP contribution in [0.4, 0.5) is 5.69 Å². The maximum absolute atomic E-state index is 12.3. The lowest BCUT2D eigenvalue weighted by atomic mass is 10.0. The summed E-state index contributed by atoms with van der Waals surface area (Å²) >= 11 is 11.7. The second kappa shape index (κ2) is 10.1. The van der Waals surface area contributed by atoms with E-state index in [2.05, 4.69) is 10.6 Å². The van der Waals surface area contributed by atoms with Gasteiger partial charge in [-0.05, 0) is 48.9 Å². The highest BCUT2D eigenvalue weighted by atomic mass is 35.5. The standard InChI is InChI=1S/C20H20Cl2N2O4/c1-12(20(27)24-17-9-7-16(22)8-10-17)28-19(26)11-18(23-13(2)25)14-3-5-15(21)6-4-14/h3-10,12,18H,11H2,1-2H3,(H,23,25)(H,24,27). The number of halogens is 2. The lowest BCUT2D eigenvalue weighted by molar-refractivity contribution is -0.153. The molecule has 8 heteroatoms. The Bertz CT molecular complexity index is 838. The molecule has 2 aromatic carbocycles. The van der Waals surface area contributed by atoms with Gasteiger partial charge in [0.1, 0.15) is 0 Å². The Hall–Kier alpha value is -2.57. The zero-order valence-electron chi connectivity index (χ0n) is 15.4. The Balaban J connectivity index is 1.96. The maximum atomic E-state index is 12.3. The minimum Gasteiger partial charge on any atom is -0.452 e. The fourth-order valence-electron chi connectivity index (χ4n) is 2.44. The van der Waals surface area contributed by atoms with Gasteiger partial charge < -0.3 is 15.4 Å². The molecule has 0 aliphatic rings. The first-order valence-electron chi connectivity index (χ1n) is 8.53. The van der Waals surface area contributed by atoms with Crippen molar-refractivity contribution in [2.45, 2.75) is 32.4 Å². The van der Waals surface area contributed by atoms with Crippen molar-refractivity contribution in [3.05, 3.63) is 64.1 Å². The van der Waals surface area contributed by atoms with E-state index in [0.717, 1.165) is 0 Å². The van der Waals surface area contributed by atoms with Gasteiger partial charge in [-0.15, -0.1) is 0 Å². The zero-order valence-corrected chi connectivity index (χ0v) is 16.9. The summed E-state index contributed by atoms with van der Waals surface area (Å²) in [6.45, 7) is 2.83. The van der Waals surface area contributed by atoms with Gasteiger partial charge in [-0.25, -0.2) is 0 Å². The number of esters is 1. The topological polar surface area (TPSA) is 84.5 Å². The van der Waals surface area contributed by atoms with Crippen LogP contribution in [0.2, 0.25) is 10.0 Å². The van der Waals surface area contributed by atoms with Gasteiger partial charge in [0.25, 0.3) is 5.91 Å². The van der Waals surface area contributed by atoms with Gasteiger partial charge in [0, 0.05) is 22.7 Å². The van der Waals surface area contributed by atoms with Crippen LogP contribution in [0.15, 0.2) is 48.5 Å². The van der Waals surface area contributed by atoms with Crippen LogP contribution in [0.3, 0.4) is 0 Å². The summed E-state index contributed by atoms with van der Waals surface area (Å²) in [4.78, 5) is 36.0. The minimum absolute atomic E-state index is 0.125. The predicted molar refractivity (Wildman–Crippen MR) is 108 cm³/mol. The second-order valence-corrected chi connectivity index (χ2v) is 7.01. The second-order valence-electron chi connectivity index (χ2n) is 6.14. The van der Waals surface area contributed by atoms with E-state index in [1.165, 1.54) is 13.8 Å². The zero-order chi connectivity index (χ0) is 20.7. The molecule has 2 N–H and O–H groups in total. The molecular formula is C20H20Cl2N2O4. The van der Waals surface area contributed by atoms with Gasteiger partial charge in [-0.1, -0.05) is 35.3 Å². The highest BCUT2D eigenvalue weighted by molar-refractivity contribution is 6.30. The Kier molecular flexibility index (Phi) is 7.84. The fraction of sp³-hybridized carbons (Fsp3) is 0.250. The lowest BCUT2D eigenvalue weighted by Gasteiger charge is -2.19. The summed E-state index contributed by atoms with van der Waals surface area (Å²) < 4.78 is 5.21. The van der Waals surface area contributed by atoms with Crippen LogP contribution in [0.5, 0.6) is 0 Å². The Labute approximate surface area is 173 Å². The average Bonchev–Trinajstić information content (AvgIpc) is 2.63. The van der Waals surface area contributed by atoms with Crippen molar-refractivity contribution in [2.75, 3.05) is 5.32 Å². The monoisotopic (exact) mass is 422 g/mol. The van der Waals surface area contributed by atoms with Crippen LogP contribution in [0.25, 0.3) is 0 Å². The van der Waals surface area contributed by atoms with Crippen molar-refractivity contribution in [3.63, 3.8) is 0 Å². The molecule has 0 aliphatic heterocycles. The van der Waals surface area contributed by atoms with E-state index in [-0.39, 0.29) is 12.3 Å². The molecule has 0 aromatic heterocycles. The first-order valence-corrected chi connectivity index (χ1v) is 9.28. The van der Waals surface area contributed by atoms with Gasteiger partial charge in [0.05, 0.1) is 12.5 Å². The number of benzene rings is 2. The van der Waals surface area contributed by atoms with E-state index in [1.807, 2.05) is 0 Å². The third-order valence-electron chi connectivity index (χ3n) is 3.81. The number of hydrogen-bond donors (Lipinski definition) is 2. The largest absolute Gasteiger partial charge is 0.452 e. The summed E-state index contributed by atoms with van der Waals surface area (Å²) in [5.74, 6) is -1.38. The lowest BCUT2D eigenvalue weighted by Crippen LogP contribution is -2.33. The minimum atomic E-state index is -1.01. The molecule has 0 saturated carbocycles. The molecule has 0 radical (unpaired) electrons. The number of carbonyl (C=O) groups excluding carboxylic acids is 3. The van der Waals surface area contributed by atoms with E-state index in [0.29, 0.717) is 21.3 Å². The summed E-state index contributed by atoms with van der Waals surface area (Å²) in [5, 5.41) is 6.42. The number of anilines is 1. The summed E-state index contributed by atoms with van der Waals surface area (Å²) in [6, 6.07) is 12.7. The highest BCUT2D eigenvalue weighted by Gasteiger charge is 2.22. The van der Waals surface area contributed by atoms with Crippen LogP contribution < -0.4 is 10.6 Å². The molecule has 28 heavy (non-hydrogen) atoms. The van der Waals surface area contributed by atoms with Crippen molar-refractivity contribution in [3.8, 4) is 0 Å².